The van der Waals surface area contributed by atoms with Gasteiger partial charge < -0.3 is 14.6 Å². The first-order valence-corrected chi connectivity index (χ1v) is 10.5. The molecule has 0 N–H and O–H groups in total. The molecule has 0 aliphatic carbocycles. The Hall–Kier alpha value is -2.57. The molecule has 6 heteroatoms. The van der Waals surface area contributed by atoms with E-state index >= 15 is 0 Å². The number of carbonyl (C=O) groups is 2. The van der Waals surface area contributed by atoms with Gasteiger partial charge >= 0.3 is 0 Å². The first kappa shape index (κ1) is 20.7. The van der Waals surface area contributed by atoms with Crippen molar-refractivity contribution in [2.24, 2.45) is 0 Å². The van der Waals surface area contributed by atoms with Crippen LogP contribution in [0.4, 0.5) is 10.1 Å². The molecule has 30 heavy (non-hydrogen) atoms. The van der Waals surface area contributed by atoms with Gasteiger partial charge in [0.1, 0.15) is 12.1 Å². The van der Waals surface area contributed by atoms with Crippen LogP contribution < -0.4 is 4.90 Å². The molecular weight excluding hydrogens is 381 g/mol. The van der Waals surface area contributed by atoms with Crippen molar-refractivity contribution in [3.05, 3.63) is 64.5 Å². The van der Waals surface area contributed by atoms with Crippen LogP contribution in [-0.2, 0) is 4.79 Å². The molecule has 0 saturated carbocycles. The second kappa shape index (κ2) is 8.28. The fourth-order valence-electron chi connectivity index (χ4n) is 4.51. The van der Waals surface area contributed by atoms with E-state index in [9.17, 15) is 14.0 Å². The number of aldehydes is 1. The topological polar surface area (TPSA) is 43.9 Å². The molecule has 2 aliphatic rings. The minimum absolute atomic E-state index is 0.0901. The number of fused-ring (bicyclic) bond motifs is 1. The van der Waals surface area contributed by atoms with E-state index in [1.807, 2.05) is 19.9 Å². The largest absolute Gasteiger partial charge is 0.304 e. The maximum Gasteiger partial charge on any atom is 0.259 e. The Balaban J connectivity index is 1.71. The summed E-state index contributed by atoms with van der Waals surface area (Å²) in [6, 6.07) is 9.50. The Kier molecular flexibility index (Phi) is 5.71. The number of hydrogen-bond donors (Lipinski definition) is 0. The molecule has 0 aromatic heterocycles. The lowest BCUT2D eigenvalue weighted by Crippen LogP contribution is -2.50. The standard InChI is InChI=1S/C24H28FN3O2/c1-16-12-21-22(13-17(16)2)24(30)28(19-6-4-18(25)5-7-19)23(21)14-20(15-29)27-10-8-26(3)9-11-27/h4-7,12-13,15,20,23H,8-11,14H2,1-3H3. The van der Waals surface area contributed by atoms with E-state index in [0.29, 0.717) is 17.7 Å². The van der Waals surface area contributed by atoms with Crippen molar-refractivity contribution in [2.45, 2.75) is 32.4 Å². The number of hydrogen-bond acceptors (Lipinski definition) is 4. The van der Waals surface area contributed by atoms with Gasteiger partial charge in [0.25, 0.3) is 5.91 Å². The normalized spacial score (nSPS) is 21.0. The average Bonchev–Trinajstić information content (AvgIpc) is 2.99. The van der Waals surface area contributed by atoms with Crippen molar-refractivity contribution in [1.82, 2.24) is 9.80 Å². The molecule has 1 amide bonds. The van der Waals surface area contributed by atoms with Crippen molar-refractivity contribution in [3.63, 3.8) is 0 Å². The third kappa shape index (κ3) is 3.77. The van der Waals surface area contributed by atoms with Crippen molar-refractivity contribution in [1.29, 1.82) is 0 Å². The second-order valence-corrected chi connectivity index (χ2v) is 8.47. The Morgan fingerprint density at radius 3 is 2.33 bits per heavy atom. The Bertz CT molecular complexity index is 952. The third-order valence-corrected chi connectivity index (χ3v) is 6.52. The van der Waals surface area contributed by atoms with Crippen LogP contribution in [-0.4, -0.2) is 61.3 Å². The van der Waals surface area contributed by atoms with E-state index in [0.717, 1.165) is 49.2 Å². The highest BCUT2D eigenvalue weighted by Gasteiger charge is 2.40. The molecule has 2 aliphatic heterocycles. The summed E-state index contributed by atoms with van der Waals surface area (Å²) in [5.74, 6) is -0.429. The smallest absolute Gasteiger partial charge is 0.259 e. The summed E-state index contributed by atoms with van der Waals surface area (Å²) >= 11 is 0. The number of amides is 1. The van der Waals surface area contributed by atoms with Gasteiger partial charge in [-0.1, -0.05) is 6.07 Å². The first-order valence-electron chi connectivity index (χ1n) is 10.5. The van der Waals surface area contributed by atoms with Gasteiger partial charge in [0.2, 0.25) is 0 Å². The maximum atomic E-state index is 13.5. The van der Waals surface area contributed by atoms with Gasteiger partial charge in [-0.15, -0.1) is 0 Å². The lowest BCUT2D eigenvalue weighted by molar-refractivity contribution is -0.113. The van der Waals surface area contributed by atoms with E-state index in [4.69, 9.17) is 0 Å². The van der Waals surface area contributed by atoms with Crippen LogP contribution in [0, 0.1) is 19.7 Å². The molecule has 1 saturated heterocycles. The van der Waals surface area contributed by atoms with Gasteiger partial charge in [0.05, 0.1) is 12.1 Å². The van der Waals surface area contributed by atoms with E-state index in [-0.39, 0.29) is 23.8 Å². The molecule has 2 aromatic carbocycles. The monoisotopic (exact) mass is 409 g/mol. The number of anilines is 1. The summed E-state index contributed by atoms with van der Waals surface area (Å²) in [7, 11) is 2.08. The molecular formula is C24H28FN3O2. The number of aryl methyl sites for hydroxylation is 2. The van der Waals surface area contributed by atoms with Gasteiger partial charge in [0.15, 0.2) is 0 Å². The summed E-state index contributed by atoms with van der Waals surface area (Å²) in [6.45, 7) is 7.54. The molecule has 2 unspecified atom stereocenters. The summed E-state index contributed by atoms with van der Waals surface area (Å²) in [5.41, 5.74) is 4.47. The number of nitrogens with zero attached hydrogens (tertiary/aromatic N) is 3. The number of rotatable bonds is 5. The molecule has 0 radical (unpaired) electrons. The minimum atomic E-state index is -0.339. The Morgan fingerprint density at radius 2 is 1.70 bits per heavy atom. The number of carbonyl (C=O) groups excluding carboxylic acids is 2. The quantitative estimate of drug-likeness (QED) is 0.711. The summed E-state index contributed by atoms with van der Waals surface area (Å²) < 4.78 is 13.5. The highest BCUT2D eigenvalue weighted by atomic mass is 19.1. The fourth-order valence-corrected chi connectivity index (χ4v) is 4.51. The molecule has 1 fully saturated rings. The van der Waals surface area contributed by atoms with Crippen LogP contribution in [0.25, 0.3) is 0 Å². The Labute approximate surface area is 177 Å². The van der Waals surface area contributed by atoms with Gasteiger partial charge in [-0.3, -0.25) is 9.69 Å². The maximum absolute atomic E-state index is 13.5. The lowest BCUT2D eigenvalue weighted by atomic mass is 9.94. The fraction of sp³-hybridized carbons (Fsp3) is 0.417. The van der Waals surface area contributed by atoms with Crippen LogP contribution in [0.5, 0.6) is 0 Å². The summed E-state index contributed by atoms with van der Waals surface area (Å²) in [5, 5.41) is 0. The second-order valence-electron chi connectivity index (χ2n) is 8.47. The minimum Gasteiger partial charge on any atom is -0.304 e. The van der Waals surface area contributed by atoms with Crippen LogP contribution in [0.2, 0.25) is 0 Å². The van der Waals surface area contributed by atoms with Crippen LogP contribution in [0.1, 0.15) is 39.5 Å². The zero-order chi connectivity index (χ0) is 21.4. The van der Waals surface area contributed by atoms with Crippen molar-refractivity contribution in [2.75, 3.05) is 38.1 Å². The van der Waals surface area contributed by atoms with Gasteiger partial charge in [-0.05, 0) is 74.3 Å². The molecule has 2 atom stereocenters. The highest BCUT2D eigenvalue weighted by molar-refractivity contribution is 6.11. The molecule has 0 bridgehead atoms. The van der Waals surface area contributed by atoms with E-state index in [1.165, 1.54) is 12.1 Å². The third-order valence-electron chi connectivity index (χ3n) is 6.52. The number of benzene rings is 2. The lowest BCUT2D eigenvalue weighted by Gasteiger charge is -2.37. The first-order chi connectivity index (χ1) is 14.4. The molecule has 2 aromatic rings. The molecule has 4 rings (SSSR count). The van der Waals surface area contributed by atoms with Crippen LogP contribution in [0.15, 0.2) is 36.4 Å². The van der Waals surface area contributed by atoms with Crippen LogP contribution >= 0.6 is 0 Å². The number of halogens is 1. The predicted molar refractivity (Wildman–Crippen MR) is 115 cm³/mol. The predicted octanol–water partition coefficient (Wildman–Crippen LogP) is 3.35. The summed E-state index contributed by atoms with van der Waals surface area (Å²) in [4.78, 5) is 31.6. The van der Waals surface area contributed by atoms with Crippen molar-refractivity contribution in [3.8, 4) is 0 Å². The molecule has 2 heterocycles. The molecule has 0 spiro atoms. The highest BCUT2D eigenvalue weighted by Crippen LogP contribution is 2.41. The zero-order valence-corrected chi connectivity index (χ0v) is 17.8. The SMILES string of the molecule is Cc1cc2c(cc1C)C(CC(C=O)N1CCN(C)CC1)N(c1ccc(F)cc1)C2=O. The van der Waals surface area contributed by atoms with Crippen LogP contribution in [0.3, 0.4) is 0 Å². The van der Waals surface area contributed by atoms with Crippen molar-refractivity contribution < 1.29 is 14.0 Å². The van der Waals surface area contributed by atoms with Gasteiger partial charge in [-0.2, -0.15) is 0 Å². The molecule has 158 valence electrons. The summed E-state index contributed by atoms with van der Waals surface area (Å²) in [6.07, 6.45) is 1.53. The number of likely N-dealkylation sites (N-methyl/N-ethyl adjacent to an activating group) is 1. The Morgan fingerprint density at radius 1 is 1.07 bits per heavy atom. The number of piperazine rings is 1. The van der Waals surface area contributed by atoms with E-state index in [1.54, 1.807) is 17.0 Å². The van der Waals surface area contributed by atoms with E-state index in [2.05, 4.69) is 22.9 Å². The van der Waals surface area contributed by atoms with Gasteiger partial charge in [0, 0.05) is 37.4 Å². The average molecular weight is 410 g/mol. The van der Waals surface area contributed by atoms with E-state index < -0.39 is 0 Å². The molecule has 5 nitrogen and oxygen atoms in total. The van der Waals surface area contributed by atoms with Gasteiger partial charge in [-0.25, -0.2) is 4.39 Å². The van der Waals surface area contributed by atoms with Crippen molar-refractivity contribution >= 4 is 17.9 Å². The zero-order valence-electron chi connectivity index (χ0n) is 17.8.